The molecule has 0 saturated heterocycles. The maximum absolute atomic E-state index is 12.5. The number of benzene rings is 3. The summed E-state index contributed by atoms with van der Waals surface area (Å²) in [5.41, 5.74) is 1.21. The molecular weight excluding hydrogens is 435 g/mol. The lowest BCUT2D eigenvalue weighted by Crippen LogP contribution is -2.14. The van der Waals surface area contributed by atoms with E-state index in [2.05, 4.69) is 10.0 Å². The molecule has 3 aromatic carbocycles. The molecule has 0 aromatic heterocycles. The van der Waals surface area contributed by atoms with Crippen LogP contribution in [0.15, 0.2) is 71.6 Å². The molecule has 0 aliphatic heterocycles. The molecule has 0 heterocycles. The predicted molar refractivity (Wildman–Crippen MR) is 115 cm³/mol. The molecule has 3 aromatic rings. The second kappa shape index (κ2) is 8.73. The van der Waals surface area contributed by atoms with E-state index in [1.54, 1.807) is 24.3 Å². The molecule has 9 heteroatoms. The molecule has 0 atom stereocenters. The molecular formula is C20H16Cl2N2O4S. The van der Waals surface area contributed by atoms with Crippen molar-refractivity contribution in [1.29, 1.82) is 0 Å². The van der Waals surface area contributed by atoms with Crippen molar-refractivity contribution >= 4 is 50.5 Å². The van der Waals surface area contributed by atoms with Crippen molar-refractivity contribution in [2.24, 2.45) is 0 Å². The minimum absolute atomic E-state index is 0.0520. The molecule has 0 bridgehead atoms. The van der Waals surface area contributed by atoms with Crippen LogP contribution in [0.25, 0.3) is 0 Å². The first-order valence-electron chi connectivity index (χ1n) is 8.32. The third-order valence-corrected chi connectivity index (χ3v) is 6.01. The molecule has 0 saturated carbocycles. The van der Waals surface area contributed by atoms with Crippen molar-refractivity contribution < 1.29 is 17.9 Å². The molecule has 2 N–H and O–H groups in total. The Bertz CT molecular complexity index is 1150. The Hall–Kier alpha value is -2.74. The number of amides is 1. The van der Waals surface area contributed by atoms with Crippen molar-refractivity contribution in [2.75, 3.05) is 17.1 Å². The van der Waals surface area contributed by atoms with Crippen molar-refractivity contribution in [3.8, 4) is 5.75 Å². The maximum Gasteiger partial charge on any atom is 0.263 e. The molecule has 0 fully saturated rings. The van der Waals surface area contributed by atoms with Crippen LogP contribution in [-0.4, -0.2) is 21.4 Å². The molecule has 0 radical (unpaired) electrons. The lowest BCUT2D eigenvalue weighted by atomic mass is 10.2. The second-order valence-electron chi connectivity index (χ2n) is 5.94. The van der Waals surface area contributed by atoms with Crippen LogP contribution < -0.4 is 14.8 Å². The van der Waals surface area contributed by atoms with Crippen LogP contribution >= 0.6 is 23.2 Å². The zero-order chi connectivity index (χ0) is 21.0. The number of anilines is 2. The van der Waals surface area contributed by atoms with Gasteiger partial charge in [0.05, 0.1) is 12.1 Å². The summed E-state index contributed by atoms with van der Waals surface area (Å²) in [4.78, 5) is 12.3. The number of sulfonamides is 1. The van der Waals surface area contributed by atoms with Gasteiger partial charge in [0.25, 0.3) is 15.9 Å². The highest BCUT2D eigenvalue weighted by atomic mass is 35.5. The van der Waals surface area contributed by atoms with Gasteiger partial charge in [-0.25, -0.2) is 8.42 Å². The zero-order valence-corrected chi connectivity index (χ0v) is 17.5. The largest absolute Gasteiger partial charge is 0.497 e. The summed E-state index contributed by atoms with van der Waals surface area (Å²) in [5, 5.41) is 3.05. The summed E-state index contributed by atoms with van der Waals surface area (Å²) >= 11 is 11.8. The Morgan fingerprint density at radius 1 is 0.931 bits per heavy atom. The highest BCUT2D eigenvalue weighted by molar-refractivity contribution is 7.92. The van der Waals surface area contributed by atoms with E-state index in [4.69, 9.17) is 27.9 Å². The SMILES string of the molecule is COc1cccc(NC(=O)c2ccc(NS(=O)(=O)c3cc(Cl)ccc3Cl)cc2)c1. The quantitative estimate of drug-likeness (QED) is 0.549. The number of ether oxygens (including phenoxy) is 1. The van der Waals surface area contributed by atoms with Gasteiger partial charge < -0.3 is 10.1 Å². The summed E-state index contributed by atoms with van der Waals surface area (Å²) in [6, 6.07) is 17.1. The number of hydrogen-bond acceptors (Lipinski definition) is 4. The number of hydrogen-bond donors (Lipinski definition) is 2. The van der Waals surface area contributed by atoms with E-state index in [9.17, 15) is 13.2 Å². The predicted octanol–water partition coefficient (Wildman–Crippen LogP) is 5.06. The minimum Gasteiger partial charge on any atom is -0.497 e. The van der Waals surface area contributed by atoms with Crippen molar-refractivity contribution in [3.05, 3.63) is 82.3 Å². The summed E-state index contributed by atoms with van der Waals surface area (Å²) in [5.74, 6) is 0.276. The average Bonchev–Trinajstić information content (AvgIpc) is 2.70. The smallest absolute Gasteiger partial charge is 0.263 e. The third-order valence-electron chi connectivity index (χ3n) is 3.91. The topological polar surface area (TPSA) is 84.5 Å². The summed E-state index contributed by atoms with van der Waals surface area (Å²) in [6.45, 7) is 0. The van der Waals surface area contributed by atoms with Crippen LogP contribution in [0.5, 0.6) is 5.75 Å². The van der Waals surface area contributed by atoms with Gasteiger partial charge in [0, 0.05) is 28.0 Å². The van der Waals surface area contributed by atoms with Crippen LogP contribution in [0, 0.1) is 0 Å². The zero-order valence-electron chi connectivity index (χ0n) is 15.1. The third kappa shape index (κ3) is 5.20. The van der Waals surface area contributed by atoms with E-state index in [0.717, 1.165) is 0 Å². The van der Waals surface area contributed by atoms with E-state index in [-0.39, 0.29) is 26.5 Å². The summed E-state index contributed by atoms with van der Waals surface area (Å²) in [6.07, 6.45) is 0. The lowest BCUT2D eigenvalue weighted by molar-refractivity contribution is 0.102. The maximum atomic E-state index is 12.5. The van der Waals surface area contributed by atoms with E-state index >= 15 is 0 Å². The fourth-order valence-corrected chi connectivity index (χ4v) is 4.31. The number of rotatable bonds is 6. The van der Waals surface area contributed by atoms with Crippen LogP contribution in [0.2, 0.25) is 10.0 Å². The van der Waals surface area contributed by atoms with Gasteiger partial charge in [-0.3, -0.25) is 9.52 Å². The number of carbonyl (C=O) groups excluding carboxylic acids is 1. The minimum atomic E-state index is -3.94. The van der Waals surface area contributed by atoms with Gasteiger partial charge in [0.15, 0.2) is 0 Å². The first kappa shape index (κ1) is 21.0. The highest BCUT2D eigenvalue weighted by Gasteiger charge is 2.19. The molecule has 3 rings (SSSR count). The summed E-state index contributed by atoms with van der Waals surface area (Å²) in [7, 11) is -2.40. The van der Waals surface area contributed by atoms with Gasteiger partial charge >= 0.3 is 0 Å². The molecule has 1 amide bonds. The number of carbonyl (C=O) groups is 1. The highest BCUT2D eigenvalue weighted by Crippen LogP contribution is 2.27. The van der Waals surface area contributed by atoms with E-state index in [1.165, 1.54) is 49.6 Å². The van der Waals surface area contributed by atoms with Gasteiger partial charge in [0.1, 0.15) is 10.6 Å². The van der Waals surface area contributed by atoms with Crippen LogP contribution in [0.4, 0.5) is 11.4 Å². The Labute approximate surface area is 178 Å². The standard InChI is InChI=1S/C20H16Cl2N2O4S/c1-28-17-4-2-3-16(12-17)23-20(25)13-5-8-15(9-6-13)24-29(26,27)19-11-14(21)7-10-18(19)22/h2-12,24H,1H3,(H,23,25). The van der Waals surface area contributed by atoms with Gasteiger partial charge in [-0.15, -0.1) is 0 Å². The molecule has 0 aliphatic carbocycles. The van der Waals surface area contributed by atoms with Gasteiger partial charge in [-0.05, 0) is 54.6 Å². The molecule has 0 aliphatic rings. The number of nitrogens with one attached hydrogen (secondary N) is 2. The Morgan fingerprint density at radius 2 is 1.66 bits per heavy atom. The van der Waals surface area contributed by atoms with Crippen LogP contribution in [-0.2, 0) is 10.0 Å². The van der Waals surface area contributed by atoms with Crippen molar-refractivity contribution in [3.63, 3.8) is 0 Å². The Morgan fingerprint density at radius 3 is 2.34 bits per heavy atom. The molecule has 6 nitrogen and oxygen atoms in total. The van der Waals surface area contributed by atoms with E-state index in [0.29, 0.717) is 17.0 Å². The number of methoxy groups -OCH3 is 1. The fourth-order valence-electron chi connectivity index (χ4n) is 2.49. The van der Waals surface area contributed by atoms with E-state index in [1.807, 2.05) is 0 Å². The van der Waals surface area contributed by atoms with Gasteiger partial charge in [-0.1, -0.05) is 29.3 Å². The molecule has 29 heavy (non-hydrogen) atoms. The Kier molecular flexibility index (Phi) is 6.32. The first-order chi connectivity index (χ1) is 13.8. The normalized spacial score (nSPS) is 11.0. The van der Waals surface area contributed by atoms with E-state index < -0.39 is 10.0 Å². The first-order valence-corrected chi connectivity index (χ1v) is 10.6. The van der Waals surface area contributed by atoms with Crippen molar-refractivity contribution in [2.45, 2.75) is 4.90 Å². The summed E-state index contributed by atoms with van der Waals surface area (Å²) < 4.78 is 32.6. The molecule has 150 valence electrons. The molecule has 0 spiro atoms. The fraction of sp³-hybridized carbons (Fsp3) is 0.0500. The van der Waals surface area contributed by atoms with Gasteiger partial charge in [-0.2, -0.15) is 0 Å². The molecule has 0 unspecified atom stereocenters. The second-order valence-corrected chi connectivity index (χ2v) is 8.44. The number of halogens is 2. The van der Waals surface area contributed by atoms with Crippen molar-refractivity contribution in [1.82, 2.24) is 0 Å². The van der Waals surface area contributed by atoms with Crippen LogP contribution in [0.3, 0.4) is 0 Å². The van der Waals surface area contributed by atoms with Gasteiger partial charge in [0.2, 0.25) is 0 Å². The average molecular weight is 451 g/mol. The lowest BCUT2D eigenvalue weighted by Gasteiger charge is -2.11. The van der Waals surface area contributed by atoms with Crippen LogP contribution in [0.1, 0.15) is 10.4 Å². The monoisotopic (exact) mass is 450 g/mol. The Balaban J connectivity index is 1.74.